The molecule has 0 saturated heterocycles. The summed E-state index contributed by atoms with van der Waals surface area (Å²) in [7, 11) is 0. The van der Waals surface area contributed by atoms with Crippen LogP contribution in [0.2, 0.25) is 5.02 Å². The Hall–Kier alpha value is -3.64. The van der Waals surface area contributed by atoms with Crippen molar-refractivity contribution in [3.05, 3.63) is 88.9 Å². The maximum Gasteiger partial charge on any atom is 0.302 e. The standard InChI is InChI=1S/C25H22ClN3O3/c1-17-7-10-20(11-8-17)32-16-23(30)27-28-24-21-15-19(26)9-12-22(21)29(25(24)31)14-13-18-5-3-2-4-6-18/h2-12,15,31H,13-14,16H2,1H3. The van der Waals surface area contributed by atoms with Gasteiger partial charge in [-0.1, -0.05) is 59.6 Å². The third-order valence-electron chi connectivity index (χ3n) is 5.08. The number of amides is 1. The Morgan fingerprint density at radius 3 is 2.56 bits per heavy atom. The van der Waals surface area contributed by atoms with Crippen LogP contribution in [-0.4, -0.2) is 22.2 Å². The number of carbonyl (C=O) groups excluding carboxylic acids is 1. The number of carbonyl (C=O) groups is 1. The fourth-order valence-corrected chi connectivity index (χ4v) is 3.59. The number of hydrogen-bond donors (Lipinski definition) is 1. The second kappa shape index (κ2) is 9.66. The molecule has 0 fully saturated rings. The van der Waals surface area contributed by atoms with E-state index in [0.29, 0.717) is 22.7 Å². The van der Waals surface area contributed by atoms with E-state index >= 15 is 0 Å². The molecule has 0 bridgehead atoms. The van der Waals surface area contributed by atoms with Crippen LogP contribution in [-0.2, 0) is 17.8 Å². The second-order valence-electron chi connectivity index (χ2n) is 7.42. The lowest BCUT2D eigenvalue weighted by Crippen LogP contribution is -2.07. The Morgan fingerprint density at radius 2 is 1.81 bits per heavy atom. The van der Waals surface area contributed by atoms with Crippen molar-refractivity contribution in [2.75, 3.05) is 6.61 Å². The van der Waals surface area contributed by atoms with E-state index in [1.165, 1.54) is 0 Å². The summed E-state index contributed by atoms with van der Waals surface area (Å²) in [5, 5.41) is 19.8. The number of halogens is 1. The predicted molar refractivity (Wildman–Crippen MR) is 125 cm³/mol. The summed E-state index contributed by atoms with van der Waals surface area (Å²) in [5.74, 6) is -0.0438. The van der Waals surface area contributed by atoms with Gasteiger partial charge in [0.05, 0.1) is 5.52 Å². The van der Waals surface area contributed by atoms with Gasteiger partial charge in [0, 0.05) is 17.0 Å². The molecule has 0 aliphatic rings. The summed E-state index contributed by atoms with van der Waals surface area (Å²) in [6.45, 7) is 2.26. The highest BCUT2D eigenvalue weighted by atomic mass is 35.5. The lowest BCUT2D eigenvalue weighted by molar-refractivity contribution is -0.120. The third kappa shape index (κ3) is 4.98. The van der Waals surface area contributed by atoms with Gasteiger partial charge in [-0.3, -0.25) is 4.79 Å². The molecule has 0 atom stereocenters. The molecule has 0 radical (unpaired) electrons. The lowest BCUT2D eigenvalue weighted by atomic mass is 10.1. The molecule has 6 nitrogen and oxygen atoms in total. The molecule has 3 aromatic carbocycles. The monoisotopic (exact) mass is 447 g/mol. The summed E-state index contributed by atoms with van der Waals surface area (Å²) >= 11 is 6.17. The fourth-order valence-electron chi connectivity index (χ4n) is 3.42. The maximum atomic E-state index is 12.2. The van der Waals surface area contributed by atoms with Crippen LogP contribution in [0.5, 0.6) is 11.6 Å². The second-order valence-corrected chi connectivity index (χ2v) is 7.85. The minimum absolute atomic E-state index is 0.0609. The molecule has 1 N–H and O–H groups in total. The zero-order chi connectivity index (χ0) is 22.5. The molecule has 0 saturated carbocycles. The van der Waals surface area contributed by atoms with Gasteiger partial charge in [0.1, 0.15) is 5.75 Å². The van der Waals surface area contributed by atoms with Gasteiger partial charge in [-0.2, -0.15) is 0 Å². The van der Waals surface area contributed by atoms with Gasteiger partial charge >= 0.3 is 5.91 Å². The zero-order valence-electron chi connectivity index (χ0n) is 17.5. The van der Waals surface area contributed by atoms with Crippen molar-refractivity contribution in [2.45, 2.75) is 19.9 Å². The quantitative estimate of drug-likeness (QED) is 0.340. The van der Waals surface area contributed by atoms with Crippen LogP contribution in [0.15, 0.2) is 83.0 Å². The first-order chi connectivity index (χ1) is 15.5. The topological polar surface area (TPSA) is 76.2 Å². The molecule has 7 heteroatoms. The van der Waals surface area contributed by atoms with Crippen molar-refractivity contribution >= 4 is 34.1 Å². The highest BCUT2D eigenvalue weighted by Crippen LogP contribution is 2.40. The van der Waals surface area contributed by atoms with Crippen LogP contribution < -0.4 is 4.74 Å². The molecule has 162 valence electrons. The third-order valence-corrected chi connectivity index (χ3v) is 5.32. The van der Waals surface area contributed by atoms with Crippen molar-refractivity contribution < 1.29 is 14.6 Å². The van der Waals surface area contributed by atoms with E-state index in [9.17, 15) is 9.90 Å². The number of aryl methyl sites for hydroxylation is 3. The summed E-state index contributed by atoms with van der Waals surface area (Å²) in [4.78, 5) is 12.2. The molecular formula is C25H22ClN3O3. The number of fused-ring (bicyclic) bond motifs is 1. The minimum Gasteiger partial charge on any atom is -0.493 e. The number of hydrogen-bond acceptors (Lipinski definition) is 4. The van der Waals surface area contributed by atoms with Crippen LogP contribution in [0.25, 0.3) is 10.9 Å². The Bertz CT molecular complexity index is 1270. The predicted octanol–water partition coefficient (Wildman–Crippen LogP) is 6.24. The molecule has 4 aromatic rings. The molecule has 0 aliphatic carbocycles. The first kappa shape index (κ1) is 21.6. The number of aromatic nitrogens is 1. The van der Waals surface area contributed by atoms with Gasteiger partial charge in [0.25, 0.3) is 0 Å². The first-order valence-electron chi connectivity index (χ1n) is 10.2. The van der Waals surface area contributed by atoms with Crippen LogP contribution in [0.1, 0.15) is 11.1 Å². The Balaban J connectivity index is 1.54. The average molecular weight is 448 g/mol. The van der Waals surface area contributed by atoms with Crippen molar-refractivity contribution in [1.82, 2.24) is 4.57 Å². The Kier molecular flexibility index (Phi) is 6.52. The van der Waals surface area contributed by atoms with E-state index in [2.05, 4.69) is 10.2 Å². The number of azo groups is 1. The summed E-state index contributed by atoms with van der Waals surface area (Å²) in [5.41, 5.74) is 3.22. The van der Waals surface area contributed by atoms with E-state index in [1.54, 1.807) is 28.8 Å². The fraction of sp³-hybridized carbons (Fsp3) is 0.160. The summed E-state index contributed by atoms with van der Waals surface area (Å²) < 4.78 is 7.20. The maximum absolute atomic E-state index is 12.2. The zero-order valence-corrected chi connectivity index (χ0v) is 18.3. The Morgan fingerprint density at radius 1 is 1.06 bits per heavy atom. The van der Waals surface area contributed by atoms with Crippen molar-refractivity contribution in [1.29, 1.82) is 0 Å². The summed E-state index contributed by atoms with van der Waals surface area (Å²) in [6.07, 6.45) is 0.723. The van der Waals surface area contributed by atoms with Crippen LogP contribution in [0.3, 0.4) is 0 Å². The molecule has 1 amide bonds. The van der Waals surface area contributed by atoms with Gasteiger partial charge in [-0.15, -0.1) is 10.2 Å². The molecular weight excluding hydrogens is 426 g/mol. The van der Waals surface area contributed by atoms with Gasteiger partial charge in [-0.05, 0) is 49.2 Å². The first-order valence-corrected chi connectivity index (χ1v) is 10.6. The van der Waals surface area contributed by atoms with Gasteiger partial charge < -0.3 is 14.4 Å². The highest BCUT2D eigenvalue weighted by molar-refractivity contribution is 6.31. The van der Waals surface area contributed by atoms with Crippen LogP contribution in [0, 0.1) is 6.92 Å². The molecule has 0 unspecified atom stereocenters. The number of benzene rings is 3. The molecule has 0 aliphatic heterocycles. The van der Waals surface area contributed by atoms with Crippen molar-refractivity contribution in [2.24, 2.45) is 10.2 Å². The number of aromatic hydroxyl groups is 1. The molecule has 4 rings (SSSR count). The molecule has 1 aromatic heterocycles. The van der Waals surface area contributed by atoms with E-state index in [-0.39, 0.29) is 18.2 Å². The van der Waals surface area contributed by atoms with E-state index in [4.69, 9.17) is 16.3 Å². The van der Waals surface area contributed by atoms with Crippen LogP contribution >= 0.6 is 11.6 Å². The van der Waals surface area contributed by atoms with Crippen molar-refractivity contribution in [3.8, 4) is 11.6 Å². The summed E-state index contributed by atoms with van der Waals surface area (Å²) in [6, 6.07) is 22.6. The van der Waals surface area contributed by atoms with Gasteiger partial charge in [0.15, 0.2) is 12.3 Å². The number of rotatable bonds is 7. The van der Waals surface area contributed by atoms with Crippen molar-refractivity contribution in [3.63, 3.8) is 0 Å². The van der Waals surface area contributed by atoms with Crippen LogP contribution in [0.4, 0.5) is 5.69 Å². The largest absolute Gasteiger partial charge is 0.493 e. The van der Waals surface area contributed by atoms with Gasteiger partial charge in [0.2, 0.25) is 5.88 Å². The normalized spacial score (nSPS) is 11.3. The minimum atomic E-state index is -0.558. The molecule has 0 spiro atoms. The van der Waals surface area contributed by atoms with E-state index in [1.807, 2.05) is 55.5 Å². The average Bonchev–Trinajstić information content (AvgIpc) is 3.06. The Labute approximate surface area is 190 Å². The van der Waals surface area contributed by atoms with E-state index in [0.717, 1.165) is 23.1 Å². The number of nitrogens with zero attached hydrogens (tertiary/aromatic N) is 3. The lowest BCUT2D eigenvalue weighted by Gasteiger charge is -2.07. The highest BCUT2D eigenvalue weighted by Gasteiger charge is 2.17. The number of ether oxygens (including phenoxy) is 1. The SMILES string of the molecule is Cc1ccc(OCC(=O)N=Nc2c(O)n(CCc3ccccc3)c3ccc(Cl)cc23)cc1. The van der Waals surface area contributed by atoms with E-state index < -0.39 is 5.91 Å². The van der Waals surface area contributed by atoms with Gasteiger partial charge in [-0.25, -0.2) is 0 Å². The molecule has 1 heterocycles. The molecule has 32 heavy (non-hydrogen) atoms. The smallest absolute Gasteiger partial charge is 0.302 e.